The van der Waals surface area contributed by atoms with Crippen molar-refractivity contribution >= 4 is 12.0 Å². The molecule has 0 radical (unpaired) electrons. The molecule has 0 unspecified atom stereocenters. The van der Waals surface area contributed by atoms with E-state index in [4.69, 9.17) is 4.74 Å². The van der Waals surface area contributed by atoms with E-state index in [1.165, 1.54) is 0 Å². The summed E-state index contributed by atoms with van der Waals surface area (Å²) in [7, 11) is 0. The summed E-state index contributed by atoms with van der Waals surface area (Å²) in [5.74, 6) is -0.0292. The minimum absolute atomic E-state index is 0.212. The van der Waals surface area contributed by atoms with Crippen LogP contribution in [0.15, 0.2) is 21.5 Å². The molecule has 0 bridgehead atoms. The predicted molar refractivity (Wildman–Crippen MR) is 73.1 cm³/mol. The fourth-order valence-corrected chi connectivity index (χ4v) is 2.41. The topological polar surface area (TPSA) is 71.3 Å². The normalized spacial score (nSPS) is 20.8. The van der Waals surface area contributed by atoms with Crippen LogP contribution in [0, 0.1) is 5.92 Å². The van der Waals surface area contributed by atoms with Crippen LogP contribution in [0.2, 0.25) is 0 Å². The van der Waals surface area contributed by atoms with Gasteiger partial charge in [0.25, 0.3) is 5.91 Å². The number of piperidine rings is 1. The number of likely N-dealkylation sites (tertiary alicyclic amines) is 1. The van der Waals surface area contributed by atoms with Gasteiger partial charge >= 0.3 is 6.09 Å². The fourth-order valence-electron chi connectivity index (χ4n) is 2.41. The summed E-state index contributed by atoms with van der Waals surface area (Å²) in [5, 5.41) is 7.55. The molecule has 110 valence electrons. The number of carbonyl (C=O) groups is 2. The van der Waals surface area contributed by atoms with E-state index in [0.29, 0.717) is 18.7 Å². The van der Waals surface area contributed by atoms with Gasteiger partial charge in [0.1, 0.15) is 5.60 Å². The minimum Gasteiger partial charge on any atom is -0.444 e. The Kier molecular flexibility index (Phi) is 3.92. The first-order valence-corrected chi connectivity index (χ1v) is 6.92. The molecule has 2 amide bonds. The number of azo groups is 1. The predicted octanol–water partition coefficient (Wildman–Crippen LogP) is 2.90. The zero-order valence-electron chi connectivity index (χ0n) is 12.5. The van der Waals surface area contributed by atoms with Crippen LogP contribution in [-0.4, -0.2) is 35.6 Å². The molecule has 20 heavy (non-hydrogen) atoms. The highest BCUT2D eigenvalue weighted by Crippen LogP contribution is 2.31. The number of hydrogen-bond donors (Lipinski definition) is 0. The number of ether oxygens (including phenoxy) is 1. The molecule has 1 saturated heterocycles. The van der Waals surface area contributed by atoms with Gasteiger partial charge in [-0.2, -0.15) is 5.11 Å². The average Bonchev–Trinajstić information content (AvgIpc) is 2.68. The maximum absolute atomic E-state index is 12.0. The molecule has 2 rings (SSSR count). The lowest BCUT2D eigenvalue weighted by Crippen LogP contribution is -2.41. The monoisotopic (exact) mass is 279 g/mol. The van der Waals surface area contributed by atoms with Gasteiger partial charge in [-0.3, -0.25) is 4.79 Å². The lowest BCUT2D eigenvalue weighted by molar-refractivity contribution is -0.114. The smallest absolute Gasteiger partial charge is 0.410 e. The summed E-state index contributed by atoms with van der Waals surface area (Å²) >= 11 is 0. The third-order valence-corrected chi connectivity index (χ3v) is 3.49. The molecule has 2 aliphatic heterocycles. The fraction of sp³-hybridized carbons (Fsp3) is 0.714. The van der Waals surface area contributed by atoms with Gasteiger partial charge < -0.3 is 9.64 Å². The molecule has 2 heterocycles. The van der Waals surface area contributed by atoms with Crippen LogP contribution in [-0.2, 0) is 9.53 Å². The van der Waals surface area contributed by atoms with Crippen molar-refractivity contribution in [3.05, 3.63) is 11.3 Å². The van der Waals surface area contributed by atoms with E-state index < -0.39 is 5.60 Å². The Balaban J connectivity index is 1.92. The summed E-state index contributed by atoms with van der Waals surface area (Å²) in [6, 6.07) is 0. The maximum atomic E-state index is 12.0. The summed E-state index contributed by atoms with van der Waals surface area (Å²) in [5.41, 5.74) is 0.957. The van der Waals surface area contributed by atoms with Crippen molar-refractivity contribution in [3.8, 4) is 0 Å². The van der Waals surface area contributed by atoms with Crippen LogP contribution < -0.4 is 0 Å². The molecule has 1 fully saturated rings. The SMILES string of the molecule is CC1=C(C2CCN(C(=O)OC(C)(C)C)CC2)N=NC1=O. The van der Waals surface area contributed by atoms with Crippen LogP contribution in [0.4, 0.5) is 4.79 Å². The van der Waals surface area contributed by atoms with E-state index >= 15 is 0 Å². The van der Waals surface area contributed by atoms with Crippen LogP contribution in [0.1, 0.15) is 40.5 Å². The van der Waals surface area contributed by atoms with Crippen LogP contribution in [0.5, 0.6) is 0 Å². The molecule has 0 spiro atoms. The van der Waals surface area contributed by atoms with E-state index in [1.807, 2.05) is 20.8 Å². The first-order chi connectivity index (χ1) is 9.28. The minimum atomic E-state index is -0.473. The molecule has 6 heteroatoms. The third kappa shape index (κ3) is 3.23. The number of carbonyl (C=O) groups excluding carboxylic acids is 2. The molecular weight excluding hydrogens is 258 g/mol. The first-order valence-electron chi connectivity index (χ1n) is 6.92. The van der Waals surface area contributed by atoms with Crippen LogP contribution >= 0.6 is 0 Å². The Morgan fingerprint density at radius 3 is 2.30 bits per heavy atom. The van der Waals surface area contributed by atoms with Gasteiger partial charge in [-0.25, -0.2) is 4.79 Å². The van der Waals surface area contributed by atoms with Crippen molar-refractivity contribution in [2.24, 2.45) is 16.1 Å². The maximum Gasteiger partial charge on any atom is 0.410 e. The molecule has 0 aliphatic carbocycles. The molecule has 0 saturated carbocycles. The second-order valence-corrected chi connectivity index (χ2v) is 6.26. The van der Waals surface area contributed by atoms with E-state index in [2.05, 4.69) is 10.2 Å². The highest BCUT2D eigenvalue weighted by atomic mass is 16.6. The average molecular weight is 279 g/mol. The van der Waals surface area contributed by atoms with Crippen molar-refractivity contribution in [1.29, 1.82) is 0 Å². The highest BCUT2D eigenvalue weighted by Gasteiger charge is 2.31. The van der Waals surface area contributed by atoms with Gasteiger partial charge in [-0.1, -0.05) is 0 Å². The van der Waals surface area contributed by atoms with E-state index in [1.54, 1.807) is 11.8 Å². The largest absolute Gasteiger partial charge is 0.444 e. The molecular formula is C14H21N3O3. The Morgan fingerprint density at radius 1 is 1.25 bits per heavy atom. The van der Waals surface area contributed by atoms with Gasteiger partial charge in [0.05, 0.1) is 5.70 Å². The van der Waals surface area contributed by atoms with E-state index in [-0.39, 0.29) is 17.9 Å². The second kappa shape index (κ2) is 5.34. The highest BCUT2D eigenvalue weighted by molar-refractivity contribution is 5.95. The van der Waals surface area contributed by atoms with Gasteiger partial charge in [-0.15, -0.1) is 5.11 Å². The first kappa shape index (κ1) is 14.7. The zero-order chi connectivity index (χ0) is 14.9. The standard InChI is InChI=1S/C14H21N3O3/c1-9-11(15-16-12(9)18)10-5-7-17(8-6-10)13(19)20-14(2,3)4/h10H,5-8H2,1-4H3. The van der Waals surface area contributed by atoms with Crippen molar-refractivity contribution in [2.45, 2.75) is 46.1 Å². The van der Waals surface area contributed by atoms with Crippen molar-refractivity contribution < 1.29 is 14.3 Å². The number of hydrogen-bond acceptors (Lipinski definition) is 4. The van der Waals surface area contributed by atoms with E-state index in [0.717, 1.165) is 18.5 Å². The van der Waals surface area contributed by atoms with Gasteiger partial charge in [0, 0.05) is 24.6 Å². The molecule has 0 atom stereocenters. The van der Waals surface area contributed by atoms with Gasteiger partial charge in [-0.05, 0) is 40.5 Å². The quantitative estimate of drug-likeness (QED) is 0.741. The Labute approximate surface area is 118 Å². The van der Waals surface area contributed by atoms with Crippen LogP contribution in [0.25, 0.3) is 0 Å². The molecule has 0 aromatic rings. The van der Waals surface area contributed by atoms with Crippen LogP contribution in [0.3, 0.4) is 0 Å². The Hall–Kier alpha value is -1.72. The number of amides is 2. The molecule has 6 nitrogen and oxygen atoms in total. The van der Waals surface area contributed by atoms with E-state index in [9.17, 15) is 9.59 Å². The van der Waals surface area contributed by atoms with Crippen molar-refractivity contribution in [1.82, 2.24) is 4.90 Å². The number of allylic oxidation sites excluding steroid dienone is 1. The number of rotatable bonds is 1. The lowest BCUT2D eigenvalue weighted by atomic mass is 9.91. The Morgan fingerprint density at radius 2 is 1.85 bits per heavy atom. The third-order valence-electron chi connectivity index (χ3n) is 3.49. The lowest BCUT2D eigenvalue weighted by Gasteiger charge is -2.33. The van der Waals surface area contributed by atoms with Gasteiger partial charge in [0.2, 0.25) is 0 Å². The summed E-state index contributed by atoms with van der Waals surface area (Å²) < 4.78 is 5.35. The zero-order valence-corrected chi connectivity index (χ0v) is 12.5. The molecule has 2 aliphatic rings. The summed E-state index contributed by atoms with van der Waals surface area (Å²) in [6.07, 6.45) is 1.31. The van der Waals surface area contributed by atoms with Crippen molar-refractivity contribution in [3.63, 3.8) is 0 Å². The molecule has 0 N–H and O–H groups in total. The summed E-state index contributed by atoms with van der Waals surface area (Å²) in [6.45, 7) is 8.58. The summed E-state index contributed by atoms with van der Waals surface area (Å²) in [4.78, 5) is 25.0. The van der Waals surface area contributed by atoms with Crippen molar-refractivity contribution in [2.75, 3.05) is 13.1 Å². The van der Waals surface area contributed by atoms with Gasteiger partial charge in [0.15, 0.2) is 0 Å². The second-order valence-electron chi connectivity index (χ2n) is 6.26. The molecule has 0 aromatic heterocycles. The Bertz CT molecular complexity index is 480. The number of nitrogens with zero attached hydrogens (tertiary/aromatic N) is 3. The molecule has 0 aromatic carbocycles.